The Morgan fingerprint density at radius 3 is 3.16 bits per heavy atom. The van der Waals surface area contributed by atoms with Gasteiger partial charge in [0.15, 0.2) is 5.75 Å². The summed E-state index contributed by atoms with van der Waals surface area (Å²) in [6.45, 7) is 2.64. The number of aromatic nitrogens is 1. The van der Waals surface area contributed by atoms with Crippen LogP contribution in [0.5, 0.6) is 5.75 Å². The zero-order valence-electron chi connectivity index (χ0n) is 13.7. The molecule has 1 unspecified atom stereocenters. The lowest BCUT2D eigenvalue weighted by Crippen LogP contribution is -2.33. The number of nitrogens with zero attached hydrogens (tertiary/aromatic N) is 2. The number of amides is 2. The Bertz CT molecular complexity index is 831. The van der Waals surface area contributed by atoms with Crippen molar-refractivity contribution in [3.8, 4) is 17.1 Å². The number of cyclic esters (lactones) is 1. The van der Waals surface area contributed by atoms with Crippen molar-refractivity contribution in [2.45, 2.75) is 19.4 Å². The van der Waals surface area contributed by atoms with Gasteiger partial charge in [-0.05, 0) is 23.8 Å². The van der Waals surface area contributed by atoms with Crippen molar-refractivity contribution < 1.29 is 23.6 Å². The zero-order chi connectivity index (χ0) is 17.4. The predicted octanol–water partition coefficient (Wildman–Crippen LogP) is 1.74. The number of carbonyl (C=O) groups is 2. The molecule has 0 bridgehead atoms. The van der Waals surface area contributed by atoms with Crippen LogP contribution in [0.4, 0.5) is 10.5 Å². The molecule has 2 aliphatic heterocycles. The highest BCUT2D eigenvalue weighted by atomic mass is 16.6. The number of ether oxygens (including phenoxy) is 2. The lowest BCUT2D eigenvalue weighted by molar-refractivity contribution is -0.119. The first-order chi connectivity index (χ1) is 12.1. The molecule has 1 fully saturated rings. The van der Waals surface area contributed by atoms with Gasteiger partial charge in [-0.3, -0.25) is 9.69 Å². The SMILES string of the molecule is CC(=O)NCC1CN(c2ccc3c(c2)CCOc2cnoc2-3)C(=O)O1. The summed E-state index contributed by atoms with van der Waals surface area (Å²) < 4.78 is 16.2. The van der Waals surface area contributed by atoms with E-state index in [0.717, 1.165) is 16.8 Å². The molecule has 0 spiro atoms. The Hall–Kier alpha value is -3.03. The minimum atomic E-state index is -0.416. The number of nitrogens with one attached hydrogen (secondary N) is 1. The van der Waals surface area contributed by atoms with Crippen molar-refractivity contribution in [1.29, 1.82) is 0 Å². The molecule has 4 rings (SSSR count). The molecule has 2 amide bonds. The summed E-state index contributed by atoms with van der Waals surface area (Å²) >= 11 is 0. The minimum Gasteiger partial charge on any atom is -0.488 e. The summed E-state index contributed by atoms with van der Waals surface area (Å²) in [5.41, 5.74) is 2.68. The van der Waals surface area contributed by atoms with Crippen LogP contribution >= 0.6 is 0 Å². The molecule has 1 aromatic heterocycles. The molecular weight excluding hydrogens is 326 g/mol. The second-order valence-corrected chi connectivity index (χ2v) is 6.01. The molecule has 1 N–H and O–H groups in total. The van der Waals surface area contributed by atoms with E-state index in [0.29, 0.717) is 37.6 Å². The van der Waals surface area contributed by atoms with Gasteiger partial charge in [-0.25, -0.2) is 4.79 Å². The monoisotopic (exact) mass is 343 g/mol. The smallest absolute Gasteiger partial charge is 0.414 e. The number of hydrogen-bond donors (Lipinski definition) is 1. The van der Waals surface area contributed by atoms with E-state index in [1.54, 1.807) is 11.1 Å². The van der Waals surface area contributed by atoms with Gasteiger partial charge in [0.05, 0.1) is 19.7 Å². The summed E-state index contributed by atoms with van der Waals surface area (Å²) in [7, 11) is 0. The largest absolute Gasteiger partial charge is 0.488 e. The van der Waals surface area contributed by atoms with Gasteiger partial charge in [-0.1, -0.05) is 5.16 Å². The van der Waals surface area contributed by atoms with E-state index in [9.17, 15) is 9.59 Å². The zero-order valence-corrected chi connectivity index (χ0v) is 13.7. The van der Waals surface area contributed by atoms with Crippen molar-refractivity contribution >= 4 is 17.7 Å². The minimum absolute atomic E-state index is 0.151. The lowest BCUT2D eigenvalue weighted by Gasteiger charge is -2.15. The van der Waals surface area contributed by atoms with Crippen LogP contribution in [0.25, 0.3) is 11.3 Å². The van der Waals surface area contributed by atoms with E-state index in [1.807, 2.05) is 18.2 Å². The van der Waals surface area contributed by atoms with Gasteiger partial charge in [0.2, 0.25) is 11.7 Å². The fourth-order valence-corrected chi connectivity index (χ4v) is 3.06. The summed E-state index contributed by atoms with van der Waals surface area (Å²) in [4.78, 5) is 24.7. The third-order valence-corrected chi connectivity index (χ3v) is 4.26. The van der Waals surface area contributed by atoms with Crippen LogP contribution in [0.15, 0.2) is 28.9 Å². The molecule has 8 heteroatoms. The highest BCUT2D eigenvalue weighted by Crippen LogP contribution is 2.37. The van der Waals surface area contributed by atoms with Gasteiger partial charge in [0.1, 0.15) is 12.3 Å². The molecule has 1 saturated heterocycles. The molecule has 0 radical (unpaired) electrons. The standard InChI is InChI=1S/C17H17N3O5/c1-10(21)18-7-13-9-20(17(22)24-13)12-2-3-14-11(6-12)4-5-23-15-8-19-25-16(14)15/h2-3,6,8,13H,4-5,7,9H2,1H3,(H,18,21). The van der Waals surface area contributed by atoms with Crippen LogP contribution in [-0.4, -0.2) is 43.0 Å². The van der Waals surface area contributed by atoms with E-state index in [-0.39, 0.29) is 12.0 Å². The Morgan fingerprint density at radius 1 is 1.44 bits per heavy atom. The van der Waals surface area contributed by atoms with Gasteiger partial charge in [-0.2, -0.15) is 0 Å². The second-order valence-electron chi connectivity index (χ2n) is 6.01. The van der Waals surface area contributed by atoms with Crippen LogP contribution in [0.1, 0.15) is 12.5 Å². The Kier molecular flexibility index (Phi) is 3.79. The third-order valence-electron chi connectivity index (χ3n) is 4.26. The van der Waals surface area contributed by atoms with Crippen LogP contribution in [-0.2, 0) is 16.0 Å². The van der Waals surface area contributed by atoms with E-state index < -0.39 is 6.09 Å². The normalized spacial score (nSPS) is 18.7. The average molecular weight is 343 g/mol. The molecule has 130 valence electrons. The van der Waals surface area contributed by atoms with E-state index in [4.69, 9.17) is 14.0 Å². The van der Waals surface area contributed by atoms with Gasteiger partial charge in [0.25, 0.3) is 0 Å². The molecule has 0 aliphatic carbocycles. The summed E-state index contributed by atoms with van der Waals surface area (Å²) in [6, 6.07) is 5.69. The molecule has 3 heterocycles. The molecule has 8 nitrogen and oxygen atoms in total. The molecule has 1 atom stereocenters. The summed E-state index contributed by atoms with van der Waals surface area (Å²) in [5, 5.41) is 6.45. The van der Waals surface area contributed by atoms with E-state index in [2.05, 4.69) is 10.5 Å². The quantitative estimate of drug-likeness (QED) is 0.912. The van der Waals surface area contributed by atoms with Crippen LogP contribution in [0.3, 0.4) is 0 Å². The van der Waals surface area contributed by atoms with Crippen molar-refractivity contribution in [3.63, 3.8) is 0 Å². The first kappa shape index (κ1) is 15.5. The number of rotatable bonds is 3. The fourth-order valence-electron chi connectivity index (χ4n) is 3.06. The third kappa shape index (κ3) is 2.90. The van der Waals surface area contributed by atoms with Crippen LogP contribution in [0, 0.1) is 0 Å². The number of carbonyl (C=O) groups excluding carboxylic acids is 2. The van der Waals surface area contributed by atoms with Crippen molar-refractivity contribution in [1.82, 2.24) is 10.5 Å². The van der Waals surface area contributed by atoms with Crippen LogP contribution in [0.2, 0.25) is 0 Å². The highest BCUT2D eigenvalue weighted by Gasteiger charge is 2.33. The second kappa shape index (κ2) is 6.12. The van der Waals surface area contributed by atoms with Gasteiger partial charge >= 0.3 is 6.09 Å². The van der Waals surface area contributed by atoms with E-state index >= 15 is 0 Å². The van der Waals surface area contributed by atoms with Gasteiger partial charge in [-0.15, -0.1) is 0 Å². The molecule has 1 aromatic carbocycles. The number of hydrogen-bond acceptors (Lipinski definition) is 6. The summed E-state index contributed by atoms with van der Waals surface area (Å²) in [5.74, 6) is 1.08. The highest BCUT2D eigenvalue weighted by molar-refractivity contribution is 5.90. The number of fused-ring (bicyclic) bond motifs is 3. The maximum absolute atomic E-state index is 12.2. The Labute approximate surface area is 143 Å². The van der Waals surface area contributed by atoms with Crippen molar-refractivity contribution in [2.24, 2.45) is 0 Å². The lowest BCUT2D eigenvalue weighted by atomic mass is 10.0. The Morgan fingerprint density at radius 2 is 2.32 bits per heavy atom. The van der Waals surface area contributed by atoms with Gasteiger partial charge < -0.3 is 19.3 Å². The van der Waals surface area contributed by atoms with Crippen LogP contribution < -0.4 is 15.0 Å². The molecule has 2 aliphatic rings. The predicted molar refractivity (Wildman–Crippen MR) is 87.4 cm³/mol. The maximum Gasteiger partial charge on any atom is 0.414 e. The molecule has 25 heavy (non-hydrogen) atoms. The topological polar surface area (TPSA) is 93.9 Å². The number of benzene rings is 1. The van der Waals surface area contributed by atoms with Crippen molar-refractivity contribution in [2.75, 3.05) is 24.6 Å². The maximum atomic E-state index is 12.2. The van der Waals surface area contributed by atoms with Crippen molar-refractivity contribution in [3.05, 3.63) is 30.0 Å². The number of anilines is 1. The summed E-state index contributed by atoms with van der Waals surface area (Å²) in [6.07, 6.45) is 1.48. The van der Waals surface area contributed by atoms with Gasteiger partial charge in [0, 0.05) is 24.6 Å². The Balaban J connectivity index is 1.58. The first-order valence-corrected chi connectivity index (χ1v) is 8.05. The molecule has 2 aromatic rings. The molecular formula is C17H17N3O5. The molecule has 0 saturated carbocycles. The first-order valence-electron chi connectivity index (χ1n) is 8.05. The fraction of sp³-hybridized carbons (Fsp3) is 0.353. The van der Waals surface area contributed by atoms with E-state index in [1.165, 1.54) is 6.92 Å². The average Bonchev–Trinajstić information content (AvgIpc) is 3.15.